The van der Waals surface area contributed by atoms with Gasteiger partial charge >= 0.3 is 5.82 Å². The van der Waals surface area contributed by atoms with Crippen molar-refractivity contribution >= 4 is 11.6 Å². The Labute approximate surface area is 118 Å². The van der Waals surface area contributed by atoms with E-state index < -0.39 is 0 Å². The maximum Gasteiger partial charge on any atom is 0.406 e. The van der Waals surface area contributed by atoms with Crippen LogP contribution in [0.15, 0.2) is 0 Å². The fourth-order valence-electron chi connectivity index (χ4n) is 3.19. The van der Waals surface area contributed by atoms with E-state index in [0.717, 1.165) is 19.4 Å². The van der Waals surface area contributed by atoms with Gasteiger partial charge in [-0.3, -0.25) is 4.57 Å². The van der Waals surface area contributed by atoms with Gasteiger partial charge in [-0.25, -0.2) is 0 Å². The summed E-state index contributed by atoms with van der Waals surface area (Å²) >= 11 is 0. The molecule has 7 nitrogen and oxygen atoms in total. The lowest BCUT2D eigenvalue weighted by molar-refractivity contribution is -0.388. The predicted octanol–water partition coefficient (Wildman–Crippen LogP) is 1.68. The second-order valence-electron chi connectivity index (χ2n) is 5.42. The molecule has 0 bridgehead atoms. The molecule has 0 aromatic carbocycles. The molecule has 7 heteroatoms. The van der Waals surface area contributed by atoms with Crippen LogP contribution >= 0.6 is 0 Å². The first-order valence-electron chi connectivity index (χ1n) is 7.19. The Kier molecular flexibility index (Phi) is 4.27. The van der Waals surface area contributed by atoms with Crippen LogP contribution in [0, 0.1) is 23.0 Å². The zero-order valence-electron chi connectivity index (χ0n) is 12.4. The molecule has 1 fully saturated rings. The molecule has 1 saturated heterocycles. The molecule has 2 rings (SSSR count). The highest BCUT2D eigenvalue weighted by molar-refractivity contribution is 5.57. The maximum absolute atomic E-state index is 11.3. The molecule has 1 aromatic rings. The molecule has 112 valence electrons. The fourth-order valence-corrected chi connectivity index (χ4v) is 3.19. The SMILES string of the molecule is CCn1c(C)nc([N+](=O)[O-])c1N1CCCC(C)C1CN. The Morgan fingerprint density at radius 2 is 2.25 bits per heavy atom. The van der Waals surface area contributed by atoms with Crippen LogP contribution < -0.4 is 10.6 Å². The second-order valence-corrected chi connectivity index (χ2v) is 5.42. The van der Waals surface area contributed by atoms with Crippen molar-refractivity contribution in [1.29, 1.82) is 0 Å². The van der Waals surface area contributed by atoms with Crippen molar-refractivity contribution in [3.63, 3.8) is 0 Å². The standard InChI is InChI=1S/C13H23N5O2/c1-4-16-10(3)15-12(18(19)20)13(16)17-7-5-6-9(2)11(17)8-14/h9,11H,4-8,14H2,1-3H3. The van der Waals surface area contributed by atoms with E-state index in [1.54, 1.807) is 0 Å². The molecule has 0 amide bonds. The highest BCUT2D eigenvalue weighted by atomic mass is 16.6. The summed E-state index contributed by atoms with van der Waals surface area (Å²) in [6.07, 6.45) is 2.15. The number of hydrogen-bond acceptors (Lipinski definition) is 5. The summed E-state index contributed by atoms with van der Waals surface area (Å²) < 4.78 is 1.92. The Morgan fingerprint density at radius 3 is 2.80 bits per heavy atom. The average molecular weight is 281 g/mol. The number of rotatable bonds is 4. The molecule has 2 atom stereocenters. The third-order valence-corrected chi connectivity index (χ3v) is 4.23. The number of aryl methyl sites for hydroxylation is 1. The van der Waals surface area contributed by atoms with E-state index in [0.29, 0.717) is 30.6 Å². The number of imidazole rings is 1. The van der Waals surface area contributed by atoms with Gasteiger partial charge in [0.05, 0.1) is 0 Å². The number of piperidine rings is 1. The lowest BCUT2D eigenvalue weighted by atomic mass is 9.91. The zero-order valence-corrected chi connectivity index (χ0v) is 12.4. The minimum Gasteiger partial charge on any atom is -0.358 e. The van der Waals surface area contributed by atoms with Crippen molar-refractivity contribution in [1.82, 2.24) is 9.55 Å². The van der Waals surface area contributed by atoms with Gasteiger partial charge in [0.1, 0.15) is 0 Å². The normalized spacial score (nSPS) is 23.1. The van der Waals surface area contributed by atoms with E-state index in [4.69, 9.17) is 5.73 Å². The summed E-state index contributed by atoms with van der Waals surface area (Å²) in [4.78, 5) is 17.1. The van der Waals surface area contributed by atoms with Gasteiger partial charge in [0.15, 0.2) is 0 Å². The van der Waals surface area contributed by atoms with E-state index in [1.165, 1.54) is 0 Å². The topological polar surface area (TPSA) is 90.2 Å². The van der Waals surface area contributed by atoms with Gasteiger partial charge in [0.25, 0.3) is 0 Å². The fraction of sp³-hybridized carbons (Fsp3) is 0.769. The van der Waals surface area contributed by atoms with Gasteiger partial charge < -0.3 is 20.7 Å². The first-order valence-corrected chi connectivity index (χ1v) is 7.19. The third kappa shape index (κ3) is 2.37. The molecule has 20 heavy (non-hydrogen) atoms. The molecule has 2 heterocycles. The molecule has 0 aliphatic carbocycles. The predicted molar refractivity (Wildman–Crippen MR) is 77.9 cm³/mol. The van der Waals surface area contributed by atoms with Gasteiger partial charge in [0.2, 0.25) is 11.6 Å². The van der Waals surface area contributed by atoms with Gasteiger partial charge in [-0.1, -0.05) is 6.92 Å². The smallest absolute Gasteiger partial charge is 0.358 e. The molecule has 1 aromatic heterocycles. The van der Waals surface area contributed by atoms with Gasteiger partial charge in [-0.05, 0) is 35.6 Å². The van der Waals surface area contributed by atoms with Crippen LogP contribution in [0.25, 0.3) is 0 Å². The van der Waals surface area contributed by atoms with Crippen LogP contribution in [0.3, 0.4) is 0 Å². The minimum absolute atomic E-state index is 0.0445. The van der Waals surface area contributed by atoms with Crippen molar-refractivity contribution < 1.29 is 4.92 Å². The van der Waals surface area contributed by atoms with Crippen LogP contribution in [-0.4, -0.2) is 33.6 Å². The molecular formula is C13H23N5O2. The van der Waals surface area contributed by atoms with Crippen molar-refractivity contribution in [2.45, 2.75) is 46.2 Å². The van der Waals surface area contributed by atoms with Crippen molar-refractivity contribution in [2.24, 2.45) is 11.7 Å². The highest BCUT2D eigenvalue weighted by Crippen LogP contribution is 2.35. The molecule has 2 unspecified atom stereocenters. The number of nitrogens with two attached hydrogens (primary N) is 1. The summed E-state index contributed by atoms with van der Waals surface area (Å²) in [6, 6.07) is 0.142. The highest BCUT2D eigenvalue weighted by Gasteiger charge is 2.36. The van der Waals surface area contributed by atoms with E-state index in [1.807, 2.05) is 18.4 Å². The van der Waals surface area contributed by atoms with E-state index in [9.17, 15) is 10.1 Å². The number of hydrogen-bond donors (Lipinski definition) is 1. The molecule has 1 aliphatic heterocycles. The lowest BCUT2D eigenvalue weighted by Crippen LogP contribution is -2.49. The first-order chi connectivity index (χ1) is 9.51. The van der Waals surface area contributed by atoms with Crippen LogP contribution in [-0.2, 0) is 6.54 Å². The van der Waals surface area contributed by atoms with E-state index in [-0.39, 0.29) is 16.8 Å². The number of nitrogens with zero attached hydrogens (tertiary/aromatic N) is 4. The molecule has 2 N–H and O–H groups in total. The monoisotopic (exact) mass is 281 g/mol. The average Bonchev–Trinajstić information content (AvgIpc) is 2.75. The summed E-state index contributed by atoms with van der Waals surface area (Å²) in [6.45, 7) is 7.93. The Morgan fingerprint density at radius 1 is 1.55 bits per heavy atom. The number of anilines is 1. The van der Waals surface area contributed by atoms with Crippen LogP contribution in [0.1, 0.15) is 32.5 Å². The van der Waals surface area contributed by atoms with Crippen LogP contribution in [0.4, 0.5) is 11.6 Å². The minimum atomic E-state index is -0.388. The van der Waals surface area contributed by atoms with Gasteiger partial charge in [-0.15, -0.1) is 0 Å². The molecule has 0 spiro atoms. The van der Waals surface area contributed by atoms with Gasteiger partial charge in [0, 0.05) is 32.6 Å². The third-order valence-electron chi connectivity index (χ3n) is 4.23. The quantitative estimate of drug-likeness (QED) is 0.670. The summed E-state index contributed by atoms with van der Waals surface area (Å²) in [7, 11) is 0. The molecule has 0 saturated carbocycles. The lowest BCUT2D eigenvalue weighted by Gasteiger charge is -2.40. The number of aromatic nitrogens is 2. The summed E-state index contributed by atoms with van der Waals surface area (Å²) in [5.41, 5.74) is 5.90. The molecular weight excluding hydrogens is 258 g/mol. The Balaban J connectivity index is 2.51. The zero-order chi connectivity index (χ0) is 14.9. The first kappa shape index (κ1) is 14.8. The summed E-state index contributed by atoms with van der Waals surface area (Å²) in [5, 5.41) is 11.3. The largest absolute Gasteiger partial charge is 0.406 e. The van der Waals surface area contributed by atoms with Crippen molar-refractivity contribution in [2.75, 3.05) is 18.0 Å². The Hall–Kier alpha value is -1.63. The second kappa shape index (κ2) is 5.78. The summed E-state index contributed by atoms with van der Waals surface area (Å²) in [5.74, 6) is 1.70. The van der Waals surface area contributed by atoms with Crippen LogP contribution in [0.5, 0.6) is 0 Å². The van der Waals surface area contributed by atoms with Crippen molar-refractivity contribution in [3.05, 3.63) is 15.9 Å². The van der Waals surface area contributed by atoms with Gasteiger partial charge in [-0.2, -0.15) is 0 Å². The number of nitro groups is 1. The Bertz CT molecular complexity index is 499. The molecule has 0 radical (unpaired) electrons. The van der Waals surface area contributed by atoms with Crippen LogP contribution in [0.2, 0.25) is 0 Å². The van der Waals surface area contributed by atoms with Crippen molar-refractivity contribution in [3.8, 4) is 0 Å². The van der Waals surface area contributed by atoms with E-state index >= 15 is 0 Å². The maximum atomic E-state index is 11.3. The van der Waals surface area contributed by atoms with E-state index in [2.05, 4.69) is 16.8 Å². The molecule has 1 aliphatic rings.